The van der Waals surface area contributed by atoms with Crippen molar-refractivity contribution in [2.75, 3.05) is 20.3 Å². The van der Waals surface area contributed by atoms with E-state index in [-0.39, 0.29) is 6.04 Å². The maximum absolute atomic E-state index is 5.77. The molecule has 0 aliphatic heterocycles. The third-order valence-corrected chi connectivity index (χ3v) is 4.78. The first kappa shape index (κ1) is 15.5. The number of nitrogens with two attached hydrogens (primary N) is 1. The first-order valence-corrected chi connectivity index (χ1v) is 7.85. The van der Waals surface area contributed by atoms with Crippen LogP contribution in [0.15, 0.2) is 40.2 Å². The number of hydrazine groups is 1. The number of hydrogen-bond donors (Lipinski definition) is 2. The summed E-state index contributed by atoms with van der Waals surface area (Å²) in [6.45, 7) is 1.06. The van der Waals surface area contributed by atoms with Crippen molar-refractivity contribution in [3.05, 3.63) is 50.6 Å². The summed E-state index contributed by atoms with van der Waals surface area (Å²) in [5, 5.41) is 2.03. The standard InChI is InChI=1S/C14H17BrN2O2S/c1-18-7-8-19-12-5-3-2-4-10(12)13(17-16)14-11(15)6-9-20-14/h2-6,9,13,17H,7-8,16H2,1H3. The molecule has 1 unspecified atom stereocenters. The van der Waals surface area contributed by atoms with Gasteiger partial charge in [-0.3, -0.25) is 5.84 Å². The summed E-state index contributed by atoms with van der Waals surface area (Å²) in [5.41, 5.74) is 3.87. The van der Waals surface area contributed by atoms with Gasteiger partial charge in [-0.25, -0.2) is 5.43 Å². The van der Waals surface area contributed by atoms with Gasteiger partial charge in [-0.1, -0.05) is 18.2 Å². The Hall–Kier alpha value is -0.920. The molecule has 2 aromatic rings. The lowest BCUT2D eigenvalue weighted by atomic mass is 10.0. The summed E-state index contributed by atoms with van der Waals surface area (Å²) in [6.07, 6.45) is 0. The highest BCUT2D eigenvalue weighted by Crippen LogP contribution is 2.36. The highest BCUT2D eigenvalue weighted by Gasteiger charge is 2.20. The topological polar surface area (TPSA) is 56.5 Å². The number of thiophene rings is 1. The molecule has 0 bridgehead atoms. The minimum absolute atomic E-state index is 0.108. The molecule has 6 heteroatoms. The number of benzene rings is 1. The molecule has 1 heterocycles. The fraction of sp³-hybridized carbons (Fsp3) is 0.286. The molecule has 4 nitrogen and oxygen atoms in total. The molecule has 108 valence electrons. The van der Waals surface area contributed by atoms with Crippen molar-refractivity contribution < 1.29 is 9.47 Å². The maximum atomic E-state index is 5.77. The monoisotopic (exact) mass is 356 g/mol. The minimum atomic E-state index is -0.108. The molecule has 3 N–H and O–H groups in total. The van der Waals surface area contributed by atoms with Crippen molar-refractivity contribution in [3.8, 4) is 5.75 Å². The smallest absolute Gasteiger partial charge is 0.124 e. The van der Waals surface area contributed by atoms with Gasteiger partial charge in [0.05, 0.1) is 12.6 Å². The normalized spacial score (nSPS) is 12.3. The van der Waals surface area contributed by atoms with E-state index in [1.165, 1.54) is 0 Å². The van der Waals surface area contributed by atoms with E-state index in [1.54, 1.807) is 18.4 Å². The van der Waals surface area contributed by atoms with Gasteiger partial charge in [-0.2, -0.15) is 0 Å². The number of halogens is 1. The van der Waals surface area contributed by atoms with Crippen molar-refractivity contribution in [3.63, 3.8) is 0 Å². The van der Waals surface area contributed by atoms with E-state index in [0.29, 0.717) is 13.2 Å². The van der Waals surface area contributed by atoms with Gasteiger partial charge in [0, 0.05) is 22.0 Å². The Morgan fingerprint density at radius 1 is 1.30 bits per heavy atom. The molecule has 0 spiro atoms. The number of para-hydroxylation sites is 1. The average molecular weight is 357 g/mol. The summed E-state index contributed by atoms with van der Waals surface area (Å²) >= 11 is 5.19. The van der Waals surface area contributed by atoms with E-state index in [1.807, 2.05) is 35.7 Å². The lowest BCUT2D eigenvalue weighted by Gasteiger charge is -2.19. The predicted octanol–water partition coefficient (Wildman–Crippen LogP) is 3.09. The highest BCUT2D eigenvalue weighted by atomic mass is 79.9. The summed E-state index contributed by atoms with van der Waals surface area (Å²) in [4.78, 5) is 1.12. The highest BCUT2D eigenvalue weighted by molar-refractivity contribution is 9.10. The van der Waals surface area contributed by atoms with Crippen molar-refractivity contribution >= 4 is 27.3 Å². The number of nitrogens with one attached hydrogen (secondary N) is 1. The van der Waals surface area contributed by atoms with Crippen LogP contribution in [0.3, 0.4) is 0 Å². The van der Waals surface area contributed by atoms with E-state index in [0.717, 1.165) is 20.7 Å². The Bertz CT molecular complexity index is 547. The SMILES string of the molecule is COCCOc1ccccc1C(NN)c1sccc1Br. The van der Waals surface area contributed by atoms with Gasteiger partial charge in [0.25, 0.3) is 0 Å². The first-order chi connectivity index (χ1) is 9.77. The average Bonchev–Trinajstić information content (AvgIpc) is 2.88. The predicted molar refractivity (Wildman–Crippen MR) is 85.0 cm³/mol. The van der Waals surface area contributed by atoms with Gasteiger partial charge >= 0.3 is 0 Å². The zero-order chi connectivity index (χ0) is 14.4. The van der Waals surface area contributed by atoms with E-state index >= 15 is 0 Å². The van der Waals surface area contributed by atoms with Crippen LogP contribution in [0.4, 0.5) is 0 Å². The Morgan fingerprint density at radius 3 is 2.75 bits per heavy atom. The third kappa shape index (κ3) is 3.59. The van der Waals surface area contributed by atoms with Crippen LogP contribution in [-0.2, 0) is 4.74 Å². The van der Waals surface area contributed by atoms with Gasteiger partial charge in [0.15, 0.2) is 0 Å². The molecule has 0 aliphatic rings. The quantitative estimate of drug-likeness (QED) is 0.454. The second-order valence-corrected chi connectivity index (χ2v) is 5.91. The molecule has 0 amide bonds. The number of ether oxygens (including phenoxy) is 2. The van der Waals surface area contributed by atoms with Crippen molar-refractivity contribution in [2.24, 2.45) is 5.84 Å². The number of rotatable bonds is 7. The van der Waals surface area contributed by atoms with Gasteiger partial charge in [-0.05, 0) is 33.4 Å². The van der Waals surface area contributed by atoms with E-state index in [4.69, 9.17) is 15.3 Å². The molecule has 0 aliphatic carbocycles. The molecular formula is C14H17BrN2O2S. The fourth-order valence-corrected chi connectivity index (χ4v) is 3.58. The van der Waals surface area contributed by atoms with Gasteiger partial charge in [-0.15, -0.1) is 11.3 Å². The lowest BCUT2D eigenvalue weighted by molar-refractivity contribution is 0.145. The van der Waals surface area contributed by atoms with E-state index in [9.17, 15) is 0 Å². The molecule has 0 saturated carbocycles. The van der Waals surface area contributed by atoms with Crippen molar-refractivity contribution in [1.29, 1.82) is 0 Å². The second kappa shape index (κ2) is 7.75. The van der Waals surface area contributed by atoms with Crippen LogP contribution in [0.1, 0.15) is 16.5 Å². The van der Waals surface area contributed by atoms with Crippen molar-refractivity contribution in [1.82, 2.24) is 5.43 Å². The molecule has 20 heavy (non-hydrogen) atoms. The molecular weight excluding hydrogens is 340 g/mol. The zero-order valence-electron chi connectivity index (χ0n) is 11.1. The Labute approximate surface area is 131 Å². The molecule has 1 atom stereocenters. The molecule has 2 rings (SSSR count). The Morgan fingerprint density at radius 2 is 2.10 bits per heavy atom. The molecule has 1 aromatic heterocycles. The zero-order valence-corrected chi connectivity index (χ0v) is 13.5. The van der Waals surface area contributed by atoms with Crippen LogP contribution in [0.25, 0.3) is 0 Å². The molecule has 0 radical (unpaired) electrons. The minimum Gasteiger partial charge on any atom is -0.491 e. The largest absolute Gasteiger partial charge is 0.491 e. The van der Waals surface area contributed by atoms with Gasteiger partial charge in [0.2, 0.25) is 0 Å². The fourth-order valence-electron chi connectivity index (χ4n) is 1.90. The van der Waals surface area contributed by atoms with Gasteiger partial charge in [0.1, 0.15) is 12.4 Å². The van der Waals surface area contributed by atoms with Crippen LogP contribution in [0.5, 0.6) is 5.75 Å². The summed E-state index contributed by atoms with van der Waals surface area (Å²) < 4.78 is 11.8. The Kier molecular flexibility index (Phi) is 6.00. The third-order valence-electron chi connectivity index (χ3n) is 2.85. The number of methoxy groups -OCH3 is 1. The van der Waals surface area contributed by atoms with Crippen LogP contribution >= 0.6 is 27.3 Å². The van der Waals surface area contributed by atoms with Crippen LogP contribution in [0.2, 0.25) is 0 Å². The molecule has 0 saturated heterocycles. The van der Waals surface area contributed by atoms with Crippen LogP contribution in [0, 0.1) is 0 Å². The van der Waals surface area contributed by atoms with Crippen LogP contribution in [-0.4, -0.2) is 20.3 Å². The maximum Gasteiger partial charge on any atom is 0.124 e. The molecule has 1 aromatic carbocycles. The van der Waals surface area contributed by atoms with Crippen molar-refractivity contribution in [2.45, 2.75) is 6.04 Å². The summed E-state index contributed by atoms with van der Waals surface area (Å²) in [7, 11) is 1.66. The van der Waals surface area contributed by atoms with Crippen LogP contribution < -0.4 is 16.0 Å². The van der Waals surface area contributed by atoms with E-state index < -0.39 is 0 Å². The summed E-state index contributed by atoms with van der Waals surface area (Å²) in [6, 6.07) is 9.78. The Balaban J connectivity index is 2.28. The second-order valence-electron chi connectivity index (χ2n) is 4.11. The van der Waals surface area contributed by atoms with Gasteiger partial charge < -0.3 is 9.47 Å². The van der Waals surface area contributed by atoms with E-state index in [2.05, 4.69) is 21.4 Å². The first-order valence-electron chi connectivity index (χ1n) is 6.17. The summed E-state index contributed by atoms with van der Waals surface area (Å²) in [5.74, 6) is 6.56. The molecule has 0 fully saturated rings. The lowest BCUT2D eigenvalue weighted by Crippen LogP contribution is -2.29. The number of hydrogen-bond acceptors (Lipinski definition) is 5.